The zero-order valence-electron chi connectivity index (χ0n) is 11.5. The summed E-state index contributed by atoms with van der Waals surface area (Å²) in [4.78, 5) is 10.6. The molecule has 0 bridgehead atoms. The van der Waals surface area contributed by atoms with E-state index in [1.54, 1.807) is 0 Å². The van der Waals surface area contributed by atoms with Gasteiger partial charge in [0.1, 0.15) is 5.82 Å². The number of carboxylic acids is 1. The summed E-state index contributed by atoms with van der Waals surface area (Å²) < 4.78 is 1.97. The van der Waals surface area contributed by atoms with E-state index >= 15 is 0 Å². The number of hydrogen-bond donors (Lipinski definition) is 1. The number of hydrogen-bond acceptors (Lipinski definition) is 4. The average molecular weight is 291 g/mol. The molecule has 0 amide bonds. The van der Waals surface area contributed by atoms with Gasteiger partial charge in [-0.05, 0) is 19.4 Å². The molecule has 0 radical (unpaired) electrons. The summed E-state index contributed by atoms with van der Waals surface area (Å²) in [6.07, 6.45) is 0.705. The molecule has 0 saturated heterocycles. The van der Waals surface area contributed by atoms with Crippen molar-refractivity contribution < 1.29 is 9.90 Å². The number of nitrogens with zero attached hydrogens (tertiary/aromatic N) is 3. The van der Waals surface area contributed by atoms with Crippen LogP contribution >= 0.6 is 11.8 Å². The lowest BCUT2D eigenvalue weighted by Crippen LogP contribution is -2.06. The summed E-state index contributed by atoms with van der Waals surface area (Å²) in [5, 5.41) is 17.7. The number of thioether (sulfide) groups is 1. The fourth-order valence-corrected chi connectivity index (χ4v) is 2.75. The number of aromatic nitrogens is 3. The van der Waals surface area contributed by atoms with Crippen LogP contribution < -0.4 is 0 Å². The second kappa shape index (κ2) is 6.56. The highest BCUT2D eigenvalue weighted by Crippen LogP contribution is 2.18. The lowest BCUT2D eigenvalue weighted by molar-refractivity contribution is -0.133. The molecule has 2 rings (SSSR count). The van der Waals surface area contributed by atoms with Gasteiger partial charge in [-0.1, -0.05) is 41.6 Å². The Balaban J connectivity index is 2.17. The van der Waals surface area contributed by atoms with Crippen LogP contribution in [0.1, 0.15) is 23.9 Å². The Morgan fingerprint density at radius 3 is 2.85 bits per heavy atom. The van der Waals surface area contributed by atoms with Crippen LogP contribution in [0.15, 0.2) is 29.4 Å². The Bertz CT molecular complexity index is 610. The number of rotatable bonds is 6. The lowest BCUT2D eigenvalue weighted by Gasteiger charge is -2.07. The van der Waals surface area contributed by atoms with Crippen LogP contribution in [-0.2, 0) is 17.8 Å². The third-order valence-electron chi connectivity index (χ3n) is 2.88. The standard InChI is InChI=1S/C14H17N3O2S/c1-3-17-12(8-11-6-4-5-10(2)7-11)15-16-14(17)20-9-13(18)19/h4-7H,3,8-9H2,1-2H3,(H,18,19). The lowest BCUT2D eigenvalue weighted by atomic mass is 10.1. The van der Waals surface area contributed by atoms with Crippen LogP contribution in [0.25, 0.3) is 0 Å². The maximum Gasteiger partial charge on any atom is 0.313 e. The van der Waals surface area contributed by atoms with E-state index in [0.29, 0.717) is 11.6 Å². The van der Waals surface area contributed by atoms with Gasteiger partial charge in [0.2, 0.25) is 0 Å². The minimum absolute atomic E-state index is 0.00256. The molecule has 6 heteroatoms. The van der Waals surface area contributed by atoms with E-state index in [1.165, 1.54) is 22.9 Å². The van der Waals surface area contributed by atoms with E-state index in [2.05, 4.69) is 35.3 Å². The molecule has 0 fully saturated rings. The van der Waals surface area contributed by atoms with Crippen molar-refractivity contribution in [3.05, 3.63) is 41.2 Å². The maximum absolute atomic E-state index is 10.6. The molecule has 20 heavy (non-hydrogen) atoms. The molecule has 0 aliphatic heterocycles. The van der Waals surface area contributed by atoms with Gasteiger partial charge in [0, 0.05) is 13.0 Å². The van der Waals surface area contributed by atoms with Gasteiger partial charge in [-0.3, -0.25) is 4.79 Å². The van der Waals surface area contributed by atoms with E-state index in [4.69, 9.17) is 5.11 Å². The third kappa shape index (κ3) is 3.60. The van der Waals surface area contributed by atoms with Gasteiger partial charge in [0.15, 0.2) is 5.16 Å². The Labute approximate surface area is 122 Å². The number of aliphatic carboxylic acids is 1. The molecule has 0 saturated carbocycles. The van der Waals surface area contributed by atoms with Crippen molar-refractivity contribution in [1.29, 1.82) is 0 Å². The second-order valence-corrected chi connectivity index (χ2v) is 5.43. The quantitative estimate of drug-likeness (QED) is 0.828. The number of aryl methyl sites for hydroxylation is 1. The molecule has 1 N–H and O–H groups in total. The summed E-state index contributed by atoms with van der Waals surface area (Å²) in [6.45, 7) is 4.80. The summed E-state index contributed by atoms with van der Waals surface area (Å²) in [5.41, 5.74) is 2.40. The Morgan fingerprint density at radius 2 is 2.20 bits per heavy atom. The first-order valence-corrected chi connectivity index (χ1v) is 7.41. The molecular formula is C14H17N3O2S. The van der Waals surface area contributed by atoms with Gasteiger partial charge >= 0.3 is 5.97 Å². The van der Waals surface area contributed by atoms with Crippen molar-refractivity contribution in [2.75, 3.05) is 5.75 Å². The zero-order valence-corrected chi connectivity index (χ0v) is 12.4. The first kappa shape index (κ1) is 14.6. The molecule has 1 aromatic heterocycles. The van der Waals surface area contributed by atoms with Crippen LogP contribution in [0.4, 0.5) is 0 Å². The van der Waals surface area contributed by atoms with Crippen molar-refractivity contribution in [3.63, 3.8) is 0 Å². The van der Waals surface area contributed by atoms with E-state index < -0.39 is 5.97 Å². The molecule has 0 unspecified atom stereocenters. The van der Waals surface area contributed by atoms with Crippen LogP contribution in [0, 0.1) is 6.92 Å². The van der Waals surface area contributed by atoms with Gasteiger partial charge in [-0.2, -0.15) is 0 Å². The Morgan fingerprint density at radius 1 is 1.40 bits per heavy atom. The van der Waals surface area contributed by atoms with Crippen LogP contribution in [-0.4, -0.2) is 31.6 Å². The van der Waals surface area contributed by atoms with Crippen molar-refractivity contribution in [1.82, 2.24) is 14.8 Å². The van der Waals surface area contributed by atoms with Crippen LogP contribution in [0.2, 0.25) is 0 Å². The van der Waals surface area contributed by atoms with E-state index in [0.717, 1.165) is 12.4 Å². The predicted octanol–water partition coefficient (Wildman–Crippen LogP) is 2.37. The summed E-state index contributed by atoms with van der Waals surface area (Å²) in [7, 11) is 0. The Kier molecular flexibility index (Phi) is 4.79. The summed E-state index contributed by atoms with van der Waals surface area (Å²) >= 11 is 1.20. The highest BCUT2D eigenvalue weighted by Gasteiger charge is 2.13. The summed E-state index contributed by atoms with van der Waals surface area (Å²) in [5.74, 6) is 0.0228. The zero-order chi connectivity index (χ0) is 14.5. The van der Waals surface area contributed by atoms with Crippen LogP contribution in [0.3, 0.4) is 0 Å². The third-order valence-corrected chi connectivity index (χ3v) is 3.83. The van der Waals surface area contributed by atoms with Gasteiger partial charge in [0.25, 0.3) is 0 Å². The molecule has 1 aromatic carbocycles. The Hall–Kier alpha value is -1.82. The van der Waals surface area contributed by atoms with Crippen molar-refractivity contribution in [2.45, 2.75) is 32.0 Å². The fourth-order valence-electron chi connectivity index (χ4n) is 2.01. The second-order valence-electron chi connectivity index (χ2n) is 4.49. The molecule has 1 heterocycles. The van der Waals surface area contributed by atoms with Crippen molar-refractivity contribution >= 4 is 17.7 Å². The number of carboxylic acid groups (broad SMARTS) is 1. The fraction of sp³-hybridized carbons (Fsp3) is 0.357. The summed E-state index contributed by atoms with van der Waals surface area (Å²) in [6, 6.07) is 8.27. The van der Waals surface area contributed by atoms with Crippen molar-refractivity contribution in [2.24, 2.45) is 0 Å². The number of carbonyl (C=O) groups is 1. The topological polar surface area (TPSA) is 68.0 Å². The highest BCUT2D eigenvalue weighted by atomic mass is 32.2. The SMILES string of the molecule is CCn1c(Cc2cccc(C)c2)nnc1SCC(=O)O. The minimum Gasteiger partial charge on any atom is -0.481 e. The van der Waals surface area contributed by atoms with Gasteiger partial charge in [0.05, 0.1) is 5.75 Å². The normalized spacial score (nSPS) is 10.7. The molecule has 0 spiro atoms. The minimum atomic E-state index is -0.846. The maximum atomic E-state index is 10.6. The van der Waals surface area contributed by atoms with E-state index in [9.17, 15) is 4.79 Å². The van der Waals surface area contributed by atoms with E-state index in [-0.39, 0.29) is 5.75 Å². The predicted molar refractivity (Wildman–Crippen MR) is 78.0 cm³/mol. The molecular weight excluding hydrogens is 274 g/mol. The van der Waals surface area contributed by atoms with Gasteiger partial charge < -0.3 is 9.67 Å². The molecule has 5 nitrogen and oxygen atoms in total. The highest BCUT2D eigenvalue weighted by molar-refractivity contribution is 7.99. The largest absolute Gasteiger partial charge is 0.481 e. The first-order chi connectivity index (χ1) is 9.60. The molecule has 0 aliphatic carbocycles. The smallest absolute Gasteiger partial charge is 0.313 e. The van der Waals surface area contributed by atoms with Crippen molar-refractivity contribution in [3.8, 4) is 0 Å². The van der Waals surface area contributed by atoms with Gasteiger partial charge in [-0.25, -0.2) is 0 Å². The van der Waals surface area contributed by atoms with Gasteiger partial charge in [-0.15, -0.1) is 10.2 Å². The first-order valence-electron chi connectivity index (χ1n) is 6.42. The average Bonchev–Trinajstić information content (AvgIpc) is 2.78. The van der Waals surface area contributed by atoms with E-state index in [1.807, 2.05) is 17.6 Å². The molecule has 0 atom stereocenters. The molecule has 2 aromatic rings. The molecule has 106 valence electrons. The monoisotopic (exact) mass is 291 g/mol. The molecule has 0 aliphatic rings. The number of benzene rings is 1. The van der Waals surface area contributed by atoms with Crippen LogP contribution in [0.5, 0.6) is 0 Å².